The van der Waals surface area contributed by atoms with Crippen molar-refractivity contribution < 1.29 is 4.79 Å². The van der Waals surface area contributed by atoms with Crippen LogP contribution < -0.4 is 5.32 Å². The Labute approximate surface area is 153 Å². The number of aromatic nitrogens is 1. The summed E-state index contributed by atoms with van der Waals surface area (Å²) in [6, 6.07) is 12.0. The molecule has 25 heavy (non-hydrogen) atoms. The van der Waals surface area contributed by atoms with Gasteiger partial charge in [-0.05, 0) is 48.1 Å². The fourth-order valence-electron chi connectivity index (χ4n) is 3.59. The van der Waals surface area contributed by atoms with E-state index in [-0.39, 0.29) is 11.8 Å². The van der Waals surface area contributed by atoms with Crippen LogP contribution >= 0.6 is 22.7 Å². The lowest BCUT2D eigenvalue weighted by atomic mass is 9.76. The Kier molecular flexibility index (Phi) is 3.91. The maximum absolute atomic E-state index is 13.2. The largest absolute Gasteiger partial charge is 0.301 e. The van der Waals surface area contributed by atoms with Gasteiger partial charge in [0.2, 0.25) is 5.91 Å². The zero-order valence-electron chi connectivity index (χ0n) is 13.5. The van der Waals surface area contributed by atoms with Crippen LogP contribution in [0.3, 0.4) is 0 Å². The molecule has 0 fully saturated rings. The molecule has 1 aromatic carbocycles. The highest BCUT2D eigenvalue weighted by Crippen LogP contribution is 2.52. The van der Waals surface area contributed by atoms with Gasteiger partial charge in [-0.15, -0.1) is 22.7 Å². The molecule has 1 aliphatic carbocycles. The molecule has 1 N–H and O–H groups in total. The van der Waals surface area contributed by atoms with Gasteiger partial charge in [0, 0.05) is 22.4 Å². The fourth-order valence-corrected chi connectivity index (χ4v) is 5.11. The molecule has 4 nitrogen and oxygen atoms in total. The van der Waals surface area contributed by atoms with Crippen molar-refractivity contribution in [2.24, 2.45) is 5.41 Å². The van der Waals surface area contributed by atoms with Crippen molar-refractivity contribution in [3.05, 3.63) is 68.9 Å². The first-order valence-corrected chi connectivity index (χ1v) is 9.65. The summed E-state index contributed by atoms with van der Waals surface area (Å²) in [5.41, 5.74) is 2.23. The van der Waals surface area contributed by atoms with Gasteiger partial charge in [-0.25, -0.2) is 4.98 Å². The van der Waals surface area contributed by atoms with Crippen molar-refractivity contribution >= 4 is 33.7 Å². The van der Waals surface area contributed by atoms with Gasteiger partial charge in [0.1, 0.15) is 0 Å². The minimum absolute atomic E-state index is 0.0319. The molecule has 3 aromatic rings. The Morgan fingerprint density at radius 3 is 2.92 bits per heavy atom. The summed E-state index contributed by atoms with van der Waals surface area (Å²) in [5.74, 6) is -0.0914. The summed E-state index contributed by atoms with van der Waals surface area (Å²) in [6.45, 7) is 2.01. The van der Waals surface area contributed by atoms with Gasteiger partial charge >= 0.3 is 0 Å². The van der Waals surface area contributed by atoms with E-state index in [0.717, 1.165) is 16.0 Å². The highest BCUT2D eigenvalue weighted by Gasteiger charge is 2.49. The van der Waals surface area contributed by atoms with E-state index >= 15 is 0 Å². The quantitative estimate of drug-likeness (QED) is 0.748. The Hall–Kier alpha value is -2.49. The van der Waals surface area contributed by atoms with Crippen LogP contribution in [0.2, 0.25) is 0 Å². The van der Waals surface area contributed by atoms with E-state index in [9.17, 15) is 10.1 Å². The summed E-state index contributed by atoms with van der Waals surface area (Å²) < 4.78 is 0. The molecule has 1 amide bonds. The number of rotatable bonds is 3. The number of nitrogens with zero attached hydrogens (tertiary/aromatic N) is 2. The van der Waals surface area contributed by atoms with Crippen molar-refractivity contribution in [2.45, 2.75) is 19.3 Å². The molecule has 0 radical (unpaired) electrons. The van der Waals surface area contributed by atoms with Gasteiger partial charge < -0.3 is 5.32 Å². The standard InChI is InChI=1S/C19H15N3OS2/c1-19(17(23)22-18-21-6-8-25-18)10-13-5-4-12(11-20)9-14(13)16(19)15-3-2-7-24-15/h2-9,16H,10H2,1H3,(H,21,22,23)/t16-,19-/m0/s1. The first-order valence-electron chi connectivity index (χ1n) is 7.89. The summed E-state index contributed by atoms with van der Waals surface area (Å²) >= 11 is 3.06. The molecule has 0 spiro atoms. The molecule has 0 aliphatic heterocycles. The van der Waals surface area contributed by atoms with E-state index in [1.807, 2.05) is 41.9 Å². The number of hydrogen-bond acceptors (Lipinski definition) is 5. The highest BCUT2D eigenvalue weighted by molar-refractivity contribution is 7.13. The third-order valence-corrected chi connectivity index (χ3v) is 6.41. The fraction of sp³-hybridized carbons (Fsp3) is 0.211. The predicted octanol–water partition coefficient (Wildman–Crippen LogP) is 4.41. The molecule has 0 bridgehead atoms. The molecule has 4 rings (SSSR count). The number of nitriles is 1. The number of thiazole rings is 1. The number of carbonyl (C=O) groups is 1. The lowest BCUT2D eigenvalue weighted by molar-refractivity contribution is -0.125. The minimum atomic E-state index is -0.618. The van der Waals surface area contributed by atoms with Crippen LogP contribution in [0.25, 0.3) is 0 Å². The number of nitrogens with one attached hydrogen (secondary N) is 1. The van der Waals surface area contributed by atoms with Crippen LogP contribution in [0.4, 0.5) is 5.13 Å². The van der Waals surface area contributed by atoms with Crippen LogP contribution in [0.15, 0.2) is 47.3 Å². The second-order valence-electron chi connectivity index (χ2n) is 6.36. The Bertz CT molecular complexity index is 957. The predicted molar refractivity (Wildman–Crippen MR) is 99.9 cm³/mol. The van der Waals surface area contributed by atoms with Crippen molar-refractivity contribution in [1.82, 2.24) is 4.98 Å². The van der Waals surface area contributed by atoms with Gasteiger partial charge in [0.05, 0.1) is 17.0 Å². The zero-order chi connectivity index (χ0) is 17.4. The third-order valence-electron chi connectivity index (χ3n) is 4.78. The number of anilines is 1. The van der Waals surface area contributed by atoms with E-state index < -0.39 is 5.41 Å². The highest BCUT2D eigenvalue weighted by atomic mass is 32.1. The van der Waals surface area contributed by atoms with E-state index in [0.29, 0.717) is 17.1 Å². The van der Waals surface area contributed by atoms with E-state index in [4.69, 9.17) is 0 Å². The Morgan fingerprint density at radius 2 is 2.24 bits per heavy atom. The average molecular weight is 365 g/mol. The van der Waals surface area contributed by atoms with Crippen LogP contribution in [0, 0.1) is 16.7 Å². The molecule has 0 unspecified atom stereocenters. The first-order chi connectivity index (χ1) is 12.1. The number of hydrogen-bond donors (Lipinski definition) is 1. The van der Waals surface area contributed by atoms with Crippen LogP contribution in [0.1, 0.15) is 34.4 Å². The summed E-state index contributed by atoms with van der Waals surface area (Å²) in [7, 11) is 0. The molecule has 0 saturated heterocycles. The average Bonchev–Trinajstić information content (AvgIpc) is 3.33. The lowest BCUT2D eigenvalue weighted by Gasteiger charge is -2.29. The van der Waals surface area contributed by atoms with Crippen molar-refractivity contribution in [2.75, 3.05) is 5.32 Å². The molecule has 0 saturated carbocycles. The van der Waals surface area contributed by atoms with E-state index in [2.05, 4.69) is 22.4 Å². The van der Waals surface area contributed by atoms with Crippen LogP contribution in [-0.2, 0) is 11.2 Å². The second kappa shape index (κ2) is 6.10. The van der Waals surface area contributed by atoms with Gasteiger partial charge in [0.15, 0.2) is 5.13 Å². The monoisotopic (exact) mass is 365 g/mol. The molecule has 124 valence electrons. The molecular weight excluding hydrogens is 350 g/mol. The van der Waals surface area contributed by atoms with Gasteiger partial charge in [-0.3, -0.25) is 4.79 Å². The zero-order valence-corrected chi connectivity index (χ0v) is 15.2. The van der Waals surface area contributed by atoms with E-state index in [1.54, 1.807) is 17.5 Å². The summed E-state index contributed by atoms with van der Waals surface area (Å²) in [5, 5.41) is 16.7. The van der Waals surface area contributed by atoms with Crippen LogP contribution in [-0.4, -0.2) is 10.9 Å². The third kappa shape index (κ3) is 2.66. The topological polar surface area (TPSA) is 65.8 Å². The number of carbonyl (C=O) groups excluding carboxylic acids is 1. The number of amides is 1. The number of benzene rings is 1. The van der Waals surface area contributed by atoms with Gasteiger partial charge in [0.25, 0.3) is 0 Å². The molecule has 6 heteroatoms. The smallest absolute Gasteiger partial charge is 0.233 e. The Balaban J connectivity index is 1.79. The molecule has 1 aliphatic rings. The molecular formula is C19H15N3OS2. The minimum Gasteiger partial charge on any atom is -0.301 e. The van der Waals surface area contributed by atoms with Crippen molar-refractivity contribution in [3.8, 4) is 6.07 Å². The summed E-state index contributed by atoms with van der Waals surface area (Å²) in [6.07, 6.45) is 2.33. The van der Waals surface area contributed by atoms with Crippen molar-refractivity contribution in [1.29, 1.82) is 5.26 Å². The SMILES string of the molecule is C[C@]1(C(=O)Nc2nccs2)Cc2ccc(C#N)cc2[C@H]1c1cccs1. The van der Waals surface area contributed by atoms with Crippen molar-refractivity contribution in [3.63, 3.8) is 0 Å². The maximum atomic E-state index is 13.2. The Morgan fingerprint density at radius 1 is 1.36 bits per heavy atom. The second-order valence-corrected chi connectivity index (χ2v) is 8.23. The first kappa shape index (κ1) is 16.0. The van der Waals surface area contributed by atoms with Gasteiger partial charge in [-0.2, -0.15) is 5.26 Å². The number of fused-ring (bicyclic) bond motifs is 1. The lowest BCUT2D eigenvalue weighted by Crippen LogP contribution is -2.37. The molecule has 2 heterocycles. The number of thiophene rings is 1. The van der Waals surface area contributed by atoms with E-state index in [1.165, 1.54) is 11.3 Å². The van der Waals surface area contributed by atoms with Gasteiger partial charge in [-0.1, -0.05) is 12.1 Å². The van der Waals surface area contributed by atoms with Crippen LogP contribution in [0.5, 0.6) is 0 Å². The maximum Gasteiger partial charge on any atom is 0.233 e. The molecule has 2 aromatic heterocycles. The normalized spacial score (nSPS) is 21.5. The molecule has 2 atom stereocenters. The summed E-state index contributed by atoms with van der Waals surface area (Å²) in [4.78, 5) is 18.5.